The minimum absolute atomic E-state index is 0.178. The van der Waals surface area contributed by atoms with Crippen LogP contribution in [0.1, 0.15) is 50.0 Å². The Morgan fingerprint density at radius 3 is 2.60 bits per heavy atom. The van der Waals surface area contributed by atoms with Crippen molar-refractivity contribution < 1.29 is 19.1 Å². The zero-order valence-electron chi connectivity index (χ0n) is 15.0. The fraction of sp³-hybridized carbons (Fsp3) is 0.429. The molecule has 4 heteroatoms. The first-order valence-electron chi connectivity index (χ1n) is 8.72. The van der Waals surface area contributed by atoms with E-state index in [1.165, 1.54) is 37.0 Å². The number of benzene rings is 1. The van der Waals surface area contributed by atoms with E-state index in [1.807, 2.05) is 12.1 Å². The molecular weight excluding hydrogens is 316 g/mol. The molecule has 0 radical (unpaired) electrons. The molecule has 25 heavy (non-hydrogen) atoms. The lowest BCUT2D eigenvalue weighted by atomic mass is 9.78. The van der Waals surface area contributed by atoms with E-state index in [-0.39, 0.29) is 11.9 Å². The molecule has 4 nitrogen and oxygen atoms in total. The molecule has 0 bridgehead atoms. The molecule has 1 aliphatic rings. The Labute approximate surface area is 149 Å². The zero-order chi connectivity index (χ0) is 18.1. The Hall–Kier alpha value is -2.36. The lowest BCUT2D eigenvalue weighted by Crippen LogP contribution is -2.10. The number of allylic oxidation sites excluding steroid dienone is 3. The van der Waals surface area contributed by atoms with Gasteiger partial charge >= 0.3 is 11.9 Å². The van der Waals surface area contributed by atoms with Gasteiger partial charge in [0.25, 0.3) is 0 Å². The van der Waals surface area contributed by atoms with Crippen molar-refractivity contribution in [2.45, 2.75) is 44.4 Å². The summed E-state index contributed by atoms with van der Waals surface area (Å²) in [5.41, 5.74) is 3.87. The normalized spacial score (nSPS) is 17.6. The highest BCUT2D eigenvalue weighted by Gasteiger charge is 2.21. The Balaban J connectivity index is 2.12. The summed E-state index contributed by atoms with van der Waals surface area (Å²) >= 11 is 0. The molecule has 2 rings (SSSR count). The van der Waals surface area contributed by atoms with Gasteiger partial charge < -0.3 is 9.47 Å². The molecule has 0 aromatic heterocycles. The number of carbonyl (C=O) groups is 2. The summed E-state index contributed by atoms with van der Waals surface area (Å²) in [6.07, 6.45) is 8.35. The third kappa shape index (κ3) is 5.89. The molecular formula is C21H26O4. The number of rotatable bonds is 7. The molecule has 0 spiro atoms. The molecule has 0 N–H and O–H groups in total. The van der Waals surface area contributed by atoms with Gasteiger partial charge in [-0.25, -0.2) is 4.79 Å². The van der Waals surface area contributed by atoms with Crippen LogP contribution in [-0.4, -0.2) is 26.2 Å². The summed E-state index contributed by atoms with van der Waals surface area (Å²) in [5, 5.41) is 0. The summed E-state index contributed by atoms with van der Waals surface area (Å²) in [4.78, 5) is 22.8. The van der Waals surface area contributed by atoms with E-state index in [9.17, 15) is 9.59 Å². The van der Waals surface area contributed by atoms with Gasteiger partial charge in [-0.1, -0.05) is 42.0 Å². The second-order valence-electron chi connectivity index (χ2n) is 6.27. The lowest BCUT2D eigenvalue weighted by Gasteiger charge is -2.27. The molecule has 0 amide bonds. The number of carbonyl (C=O) groups excluding carboxylic acids is 2. The van der Waals surface area contributed by atoms with Crippen molar-refractivity contribution in [3.8, 4) is 0 Å². The standard InChI is InChI=1S/C21H26O4/c1-24-20(22)10-6-9-18-15-19(16-7-4-3-5-8-16)12-11-17(18)13-14-21(23)25-2/h3-5,7-8,13-14,19H,6,9-12,15H2,1-2H3/b14-13+. The van der Waals surface area contributed by atoms with Crippen LogP contribution in [0.5, 0.6) is 0 Å². The second-order valence-corrected chi connectivity index (χ2v) is 6.27. The van der Waals surface area contributed by atoms with Crippen molar-refractivity contribution in [2.24, 2.45) is 0 Å². The van der Waals surface area contributed by atoms with Gasteiger partial charge in [-0.05, 0) is 49.2 Å². The quantitative estimate of drug-likeness (QED) is 0.547. The smallest absolute Gasteiger partial charge is 0.330 e. The summed E-state index contributed by atoms with van der Waals surface area (Å²) in [5.74, 6) is -0.0288. The van der Waals surface area contributed by atoms with Crippen molar-refractivity contribution in [1.29, 1.82) is 0 Å². The molecule has 1 aromatic carbocycles. The number of hydrogen-bond donors (Lipinski definition) is 0. The van der Waals surface area contributed by atoms with Gasteiger partial charge in [0.05, 0.1) is 14.2 Å². The number of hydrogen-bond acceptors (Lipinski definition) is 4. The molecule has 134 valence electrons. The average molecular weight is 342 g/mol. The monoisotopic (exact) mass is 342 g/mol. The summed E-state index contributed by atoms with van der Waals surface area (Å²) in [6.45, 7) is 0. The van der Waals surface area contributed by atoms with Gasteiger partial charge in [0.15, 0.2) is 0 Å². The van der Waals surface area contributed by atoms with Gasteiger partial charge in [-0.3, -0.25) is 4.79 Å². The molecule has 0 fully saturated rings. The predicted octanol–water partition coefficient (Wildman–Crippen LogP) is 4.32. The van der Waals surface area contributed by atoms with E-state index >= 15 is 0 Å². The molecule has 0 saturated carbocycles. The summed E-state index contributed by atoms with van der Waals surface area (Å²) in [7, 11) is 2.79. The van der Waals surface area contributed by atoms with Crippen LogP contribution in [0.25, 0.3) is 0 Å². The van der Waals surface area contributed by atoms with E-state index in [0.29, 0.717) is 12.3 Å². The largest absolute Gasteiger partial charge is 0.469 e. The van der Waals surface area contributed by atoms with Crippen LogP contribution >= 0.6 is 0 Å². The molecule has 0 saturated heterocycles. The van der Waals surface area contributed by atoms with Crippen molar-refractivity contribution >= 4 is 11.9 Å². The summed E-state index contributed by atoms with van der Waals surface area (Å²) in [6, 6.07) is 10.5. The van der Waals surface area contributed by atoms with Crippen LogP contribution in [0.3, 0.4) is 0 Å². The SMILES string of the molecule is COC(=O)/C=C/C1=C(CCCC(=O)OC)CC(c2ccccc2)CC1. The Bertz CT molecular complexity index is 643. The van der Waals surface area contributed by atoms with Gasteiger partial charge in [0.2, 0.25) is 0 Å². The number of esters is 2. The second kappa shape index (κ2) is 9.82. The van der Waals surface area contributed by atoms with Gasteiger partial charge in [-0.2, -0.15) is 0 Å². The van der Waals surface area contributed by atoms with Gasteiger partial charge in [0.1, 0.15) is 0 Å². The highest BCUT2D eigenvalue weighted by Crippen LogP contribution is 2.38. The highest BCUT2D eigenvalue weighted by molar-refractivity contribution is 5.82. The number of methoxy groups -OCH3 is 2. The maximum absolute atomic E-state index is 11.4. The Morgan fingerprint density at radius 2 is 1.92 bits per heavy atom. The van der Waals surface area contributed by atoms with Crippen molar-refractivity contribution in [3.63, 3.8) is 0 Å². The van der Waals surface area contributed by atoms with Gasteiger partial charge in [-0.15, -0.1) is 0 Å². The molecule has 1 atom stereocenters. The van der Waals surface area contributed by atoms with Crippen molar-refractivity contribution in [1.82, 2.24) is 0 Å². The highest BCUT2D eigenvalue weighted by atomic mass is 16.5. The first kappa shape index (κ1) is 19.0. The zero-order valence-corrected chi connectivity index (χ0v) is 15.0. The van der Waals surface area contributed by atoms with E-state index in [1.54, 1.807) is 0 Å². The minimum atomic E-state index is -0.341. The maximum atomic E-state index is 11.4. The third-order valence-corrected chi connectivity index (χ3v) is 4.69. The number of ether oxygens (including phenoxy) is 2. The average Bonchev–Trinajstić information content (AvgIpc) is 2.67. The molecule has 0 heterocycles. The predicted molar refractivity (Wildman–Crippen MR) is 97.1 cm³/mol. The van der Waals surface area contributed by atoms with E-state index in [2.05, 4.69) is 29.0 Å². The van der Waals surface area contributed by atoms with Gasteiger partial charge in [0, 0.05) is 12.5 Å². The summed E-state index contributed by atoms with van der Waals surface area (Å²) < 4.78 is 9.40. The van der Waals surface area contributed by atoms with Crippen LogP contribution in [0, 0.1) is 0 Å². The lowest BCUT2D eigenvalue weighted by molar-refractivity contribution is -0.140. The molecule has 0 aliphatic heterocycles. The molecule has 1 aromatic rings. The fourth-order valence-electron chi connectivity index (χ4n) is 3.30. The topological polar surface area (TPSA) is 52.6 Å². The van der Waals surface area contributed by atoms with Crippen LogP contribution in [0.2, 0.25) is 0 Å². The third-order valence-electron chi connectivity index (χ3n) is 4.69. The van der Waals surface area contributed by atoms with Crippen LogP contribution < -0.4 is 0 Å². The Morgan fingerprint density at radius 1 is 1.16 bits per heavy atom. The molecule has 1 unspecified atom stereocenters. The molecule has 1 aliphatic carbocycles. The van der Waals surface area contributed by atoms with Crippen molar-refractivity contribution in [3.05, 3.63) is 59.2 Å². The van der Waals surface area contributed by atoms with E-state index in [0.717, 1.165) is 32.1 Å². The van der Waals surface area contributed by atoms with Crippen molar-refractivity contribution in [2.75, 3.05) is 14.2 Å². The minimum Gasteiger partial charge on any atom is -0.469 e. The first-order valence-corrected chi connectivity index (χ1v) is 8.72. The van der Waals surface area contributed by atoms with Crippen LogP contribution in [0.15, 0.2) is 53.6 Å². The fourth-order valence-corrected chi connectivity index (χ4v) is 3.30. The maximum Gasteiger partial charge on any atom is 0.330 e. The van der Waals surface area contributed by atoms with E-state index in [4.69, 9.17) is 4.74 Å². The van der Waals surface area contributed by atoms with Crippen LogP contribution in [-0.2, 0) is 19.1 Å². The Kier molecular flexibility index (Phi) is 7.45. The first-order chi connectivity index (χ1) is 12.1. The van der Waals surface area contributed by atoms with E-state index < -0.39 is 0 Å². The van der Waals surface area contributed by atoms with Crippen LogP contribution in [0.4, 0.5) is 0 Å².